The van der Waals surface area contributed by atoms with Crippen LogP contribution in [0.15, 0.2) is 24.3 Å². The standard InChI is InChI=1S/C14H18N2O3/c1-8(2)12(15)13(17)16-10-6-4-3-5-9(10)7-11(16)14(18)19/h3-6,8,11-12H,7,15H2,1-2H3,(H,18,19). The molecule has 102 valence electrons. The van der Waals surface area contributed by atoms with Gasteiger partial charge in [0, 0.05) is 12.1 Å². The molecule has 1 aromatic rings. The summed E-state index contributed by atoms with van der Waals surface area (Å²) in [5, 5.41) is 9.29. The zero-order valence-electron chi connectivity index (χ0n) is 11.0. The second kappa shape index (κ2) is 5.01. The zero-order chi connectivity index (χ0) is 14.2. The number of anilines is 1. The summed E-state index contributed by atoms with van der Waals surface area (Å²) in [7, 11) is 0. The van der Waals surface area contributed by atoms with Crippen LogP contribution in [-0.4, -0.2) is 29.1 Å². The van der Waals surface area contributed by atoms with Gasteiger partial charge in [-0.1, -0.05) is 32.0 Å². The Hall–Kier alpha value is -1.88. The van der Waals surface area contributed by atoms with E-state index in [2.05, 4.69) is 0 Å². The number of carbonyl (C=O) groups excluding carboxylic acids is 1. The number of nitrogens with zero attached hydrogens (tertiary/aromatic N) is 1. The van der Waals surface area contributed by atoms with E-state index in [-0.39, 0.29) is 11.8 Å². The van der Waals surface area contributed by atoms with Gasteiger partial charge in [0.15, 0.2) is 0 Å². The highest BCUT2D eigenvalue weighted by Crippen LogP contribution is 2.32. The number of fused-ring (bicyclic) bond motifs is 1. The third-order valence-corrected chi connectivity index (χ3v) is 3.50. The van der Waals surface area contributed by atoms with Crippen LogP contribution in [0.3, 0.4) is 0 Å². The molecule has 0 saturated carbocycles. The van der Waals surface area contributed by atoms with Crippen molar-refractivity contribution < 1.29 is 14.7 Å². The summed E-state index contributed by atoms with van der Waals surface area (Å²) in [5.74, 6) is -1.36. The number of rotatable bonds is 3. The molecule has 2 rings (SSSR count). The highest BCUT2D eigenvalue weighted by atomic mass is 16.4. The van der Waals surface area contributed by atoms with Crippen LogP contribution in [0, 0.1) is 5.92 Å². The van der Waals surface area contributed by atoms with Crippen LogP contribution in [-0.2, 0) is 16.0 Å². The van der Waals surface area contributed by atoms with Gasteiger partial charge in [-0.15, -0.1) is 0 Å². The van der Waals surface area contributed by atoms with E-state index >= 15 is 0 Å². The average Bonchev–Trinajstić information content (AvgIpc) is 2.76. The van der Waals surface area contributed by atoms with Gasteiger partial charge < -0.3 is 10.8 Å². The molecular weight excluding hydrogens is 244 g/mol. The lowest BCUT2D eigenvalue weighted by atomic mass is 10.0. The molecule has 2 unspecified atom stereocenters. The van der Waals surface area contributed by atoms with Crippen molar-refractivity contribution in [3.63, 3.8) is 0 Å². The Labute approximate surface area is 112 Å². The number of nitrogens with two attached hydrogens (primary N) is 1. The van der Waals surface area contributed by atoms with Crippen LogP contribution in [0.5, 0.6) is 0 Å². The number of benzene rings is 1. The zero-order valence-corrected chi connectivity index (χ0v) is 11.0. The van der Waals surface area contributed by atoms with Crippen LogP contribution in [0.4, 0.5) is 5.69 Å². The number of aliphatic carboxylic acids is 1. The Morgan fingerprint density at radius 3 is 2.58 bits per heavy atom. The number of para-hydroxylation sites is 1. The topological polar surface area (TPSA) is 83.6 Å². The number of hydrogen-bond donors (Lipinski definition) is 2. The highest BCUT2D eigenvalue weighted by Gasteiger charge is 2.40. The second-order valence-electron chi connectivity index (χ2n) is 5.16. The minimum absolute atomic E-state index is 0.0327. The smallest absolute Gasteiger partial charge is 0.327 e. The van der Waals surface area contributed by atoms with Gasteiger partial charge in [0.25, 0.3) is 0 Å². The van der Waals surface area contributed by atoms with E-state index in [1.165, 1.54) is 4.90 Å². The molecule has 0 aromatic heterocycles. The van der Waals surface area contributed by atoms with Crippen LogP contribution in [0.25, 0.3) is 0 Å². The van der Waals surface area contributed by atoms with Crippen molar-refractivity contribution in [3.05, 3.63) is 29.8 Å². The predicted molar refractivity (Wildman–Crippen MR) is 71.9 cm³/mol. The first-order valence-corrected chi connectivity index (χ1v) is 6.33. The molecule has 0 saturated heterocycles. The summed E-state index contributed by atoms with van der Waals surface area (Å²) in [6.45, 7) is 3.70. The highest BCUT2D eigenvalue weighted by molar-refractivity contribution is 6.04. The van der Waals surface area contributed by atoms with Crippen molar-refractivity contribution in [1.29, 1.82) is 0 Å². The van der Waals surface area contributed by atoms with Crippen LogP contribution in [0.1, 0.15) is 19.4 Å². The van der Waals surface area contributed by atoms with Crippen LogP contribution >= 0.6 is 0 Å². The van der Waals surface area contributed by atoms with Crippen molar-refractivity contribution >= 4 is 17.6 Å². The molecule has 0 radical (unpaired) electrons. The summed E-state index contributed by atoms with van der Waals surface area (Å²) in [6, 6.07) is 5.71. The van der Waals surface area contributed by atoms with Gasteiger partial charge in [-0.2, -0.15) is 0 Å². The first-order valence-electron chi connectivity index (χ1n) is 6.33. The molecule has 3 N–H and O–H groups in total. The summed E-state index contributed by atoms with van der Waals surface area (Å²) in [4.78, 5) is 25.1. The predicted octanol–water partition coefficient (Wildman–Crippen LogP) is 1.01. The summed E-state index contributed by atoms with van der Waals surface area (Å²) < 4.78 is 0. The van der Waals surface area contributed by atoms with Crippen molar-refractivity contribution in [3.8, 4) is 0 Å². The van der Waals surface area contributed by atoms with Gasteiger partial charge in [-0.25, -0.2) is 4.79 Å². The number of carboxylic acid groups (broad SMARTS) is 1. The molecule has 2 atom stereocenters. The Kier molecular flexibility index (Phi) is 3.57. The Bertz CT molecular complexity index is 513. The van der Waals surface area contributed by atoms with Gasteiger partial charge >= 0.3 is 5.97 Å². The maximum Gasteiger partial charge on any atom is 0.327 e. The SMILES string of the molecule is CC(C)C(N)C(=O)N1c2ccccc2CC1C(=O)O. The molecule has 0 fully saturated rings. The molecule has 1 amide bonds. The third kappa shape index (κ3) is 2.33. The molecule has 19 heavy (non-hydrogen) atoms. The van der Waals surface area contributed by atoms with Crippen LogP contribution in [0.2, 0.25) is 0 Å². The van der Waals surface area contributed by atoms with E-state index in [4.69, 9.17) is 5.73 Å². The third-order valence-electron chi connectivity index (χ3n) is 3.50. The fourth-order valence-electron chi connectivity index (χ4n) is 2.30. The van der Waals surface area contributed by atoms with E-state index in [1.807, 2.05) is 26.0 Å². The lowest BCUT2D eigenvalue weighted by Crippen LogP contribution is -2.51. The lowest BCUT2D eigenvalue weighted by Gasteiger charge is -2.27. The summed E-state index contributed by atoms with van der Waals surface area (Å²) >= 11 is 0. The number of amides is 1. The van der Waals surface area contributed by atoms with E-state index in [0.717, 1.165) is 5.56 Å². The molecule has 0 bridgehead atoms. The largest absolute Gasteiger partial charge is 0.480 e. The minimum Gasteiger partial charge on any atom is -0.480 e. The lowest BCUT2D eigenvalue weighted by molar-refractivity contribution is -0.140. The maximum absolute atomic E-state index is 12.4. The van der Waals surface area contributed by atoms with Gasteiger partial charge in [0.05, 0.1) is 6.04 Å². The number of hydrogen-bond acceptors (Lipinski definition) is 3. The van der Waals surface area contributed by atoms with Crippen LogP contribution < -0.4 is 10.6 Å². The molecule has 5 nitrogen and oxygen atoms in total. The van der Waals surface area contributed by atoms with Crippen molar-refractivity contribution in [2.75, 3.05) is 4.90 Å². The van der Waals surface area contributed by atoms with Crippen molar-refractivity contribution in [2.24, 2.45) is 11.7 Å². The monoisotopic (exact) mass is 262 g/mol. The number of carbonyl (C=O) groups is 2. The molecule has 1 aliphatic rings. The van der Waals surface area contributed by atoms with Crippen molar-refractivity contribution in [2.45, 2.75) is 32.4 Å². The van der Waals surface area contributed by atoms with E-state index < -0.39 is 18.1 Å². The molecule has 1 aromatic carbocycles. The molecule has 1 heterocycles. The quantitative estimate of drug-likeness (QED) is 0.851. The molecule has 0 spiro atoms. The van der Waals surface area contributed by atoms with E-state index in [9.17, 15) is 14.7 Å². The maximum atomic E-state index is 12.4. The minimum atomic E-state index is -1.000. The molecule has 5 heteroatoms. The van der Waals surface area contributed by atoms with E-state index in [1.54, 1.807) is 12.1 Å². The summed E-state index contributed by atoms with van der Waals surface area (Å²) in [5.41, 5.74) is 7.41. The second-order valence-corrected chi connectivity index (χ2v) is 5.16. The molecular formula is C14H18N2O3. The fraction of sp³-hybridized carbons (Fsp3) is 0.429. The average molecular weight is 262 g/mol. The first-order chi connectivity index (χ1) is 8.93. The van der Waals surface area contributed by atoms with E-state index in [0.29, 0.717) is 12.1 Å². The fourth-order valence-corrected chi connectivity index (χ4v) is 2.30. The van der Waals surface area contributed by atoms with Gasteiger partial charge in [-0.05, 0) is 17.5 Å². The van der Waals surface area contributed by atoms with Gasteiger partial charge in [0.2, 0.25) is 5.91 Å². The van der Waals surface area contributed by atoms with Gasteiger partial charge in [0.1, 0.15) is 6.04 Å². The van der Waals surface area contributed by atoms with Gasteiger partial charge in [-0.3, -0.25) is 9.69 Å². The Balaban J connectivity index is 2.39. The first kappa shape index (κ1) is 13.5. The molecule has 0 aliphatic carbocycles. The summed E-state index contributed by atoms with van der Waals surface area (Å²) in [6.07, 6.45) is 0.335. The molecule has 1 aliphatic heterocycles. The van der Waals surface area contributed by atoms with Crippen molar-refractivity contribution in [1.82, 2.24) is 0 Å². The Morgan fingerprint density at radius 2 is 2.00 bits per heavy atom. The number of carboxylic acids is 1. The Morgan fingerprint density at radius 1 is 1.37 bits per heavy atom. The normalized spacial score (nSPS) is 19.4.